The molecule has 3 aromatic carbocycles. The molecule has 0 spiro atoms. The van der Waals surface area contributed by atoms with Gasteiger partial charge in [-0.1, -0.05) is 30.3 Å². The first-order valence-electron chi connectivity index (χ1n) is 8.70. The summed E-state index contributed by atoms with van der Waals surface area (Å²) in [6.07, 6.45) is 0. The van der Waals surface area contributed by atoms with E-state index in [1.807, 2.05) is 12.1 Å². The average Bonchev–Trinajstić information content (AvgIpc) is 2.95. The molecular weight excluding hydrogens is 357 g/mol. The number of carbonyl (C=O) groups is 1. The Morgan fingerprint density at radius 2 is 1.82 bits per heavy atom. The van der Waals surface area contributed by atoms with E-state index in [2.05, 4.69) is 0 Å². The van der Waals surface area contributed by atoms with E-state index >= 15 is 0 Å². The molecule has 5 nitrogen and oxygen atoms in total. The summed E-state index contributed by atoms with van der Waals surface area (Å²) >= 11 is 0. The second-order valence-electron chi connectivity index (χ2n) is 6.60. The van der Waals surface area contributed by atoms with Gasteiger partial charge in [0.1, 0.15) is 17.3 Å². The molecular formula is C22H18FN3O2. The van der Waals surface area contributed by atoms with Gasteiger partial charge in [0, 0.05) is 34.3 Å². The van der Waals surface area contributed by atoms with E-state index in [1.54, 1.807) is 41.0 Å². The standard InChI is InChI=1S/C22H18FN3O2/c23-18-7-2-1-6-16(18)20-17-11-15(27)8-9-19(17)26(21(20)22(25)28)12-13-4-3-5-14(24)10-13/h1-11,27H,12,24H2,(H2,25,28). The molecule has 0 aliphatic rings. The van der Waals surface area contributed by atoms with Crippen molar-refractivity contribution in [3.63, 3.8) is 0 Å². The number of phenolic OH excluding ortho intramolecular Hbond substituents is 1. The number of aromatic nitrogens is 1. The van der Waals surface area contributed by atoms with Gasteiger partial charge >= 0.3 is 0 Å². The number of nitrogens with zero attached hydrogens (tertiary/aromatic N) is 1. The number of phenols is 1. The van der Waals surface area contributed by atoms with Gasteiger partial charge in [-0.3, -0.25) is 4.79 Å². The number of hydrogen-bond acceptors (Lipinski definition) is 3. The fraction of sp³-hybridized carbons (Fsp3) is 0.0455. The highest BCUT2D eigenvalue weighted by atomic mass is 19.1. The van der Waals surface area contributed by atoms with E-state index < -0.39 is 11.7 Å². The lowest BCUT2D eigenvalue weighted by Gasteiger charge is -2.11. The molecule has 0 fully saturated rings. The lowest BCUT2D eigenvalue weighted by molar-refractivity contribution is 0.0993. The van der Waals surface area contributed by atoms with Crippen LogP contribution in [0.1, 0.15) is 16.1 Å². The summed E-state index contributed by atoms with van der Waals surface area (Å²) in [5.41, 5.74) is 14.5. The third kappa shape index (κ3) is 2.95. The maximum atomic E-state index is 14.6. The van der Waals surface area contributed by atoms with Crippen molar-refractivity contribution >= 4 is 22.5 Å². The number of nitrogen functional groups attached to an aromatic ring is 1. The van der Waals surface area contributed by atoms with Crippen molar-refractivity contribution in [2.24, 2.45) is 5.73 Å². The van der Waals surface area contributed by atoms with Crippen LogP contribution in [0.3, 0.4) is 0 Å². The van der Waals surface area contributed by atoms with E-state index in [0.29, 0.717) is 28.7 Å². The van der Waals surface area contributed by atoms with E-state index in [1.165, 1.54) is 18.2 Å². The van der Waals surface area contributed by atoms with Crippen LogP contribution in [0.25, 0.3) is 22.0 Å². The van der Waals surface area contributed by atoms with Crippen molar-refractivity contribution < 1.29 is 14.3 Å². The second kappa shape index (κ2) is 6.74. The van der Waals surface area contributed by atoms with Gasteiger partial charge in [-0.25, -0.2) is 4.39 Å². The number of benzene rings is 3. The zero-order valence-corrected chi connectivity index (χ0v) is 14.9. The smallest absolute Gasteiger partial charge is 0.266 e. The lowest BCUT2D eigenvalue weighted by Crippen LogP contribution is -2.18. The van der Waals surface area contributed by atoms with Crippen molar-refractivity contribution in [3.05, 3.63) is 83.8 Å². The van der Waals surface area contributed by atoms with Crippen LogP contribution in [-0.2, 0) is 6.54 Å². The normalized spacial score (nSPS) is 11.0. The molecule has 4 rings (SSSR count). The van der Waals surface area contributed by atoms with E-state index in [-0.39, 0.29) is 17.0 Å². The number of carbonyl (C=O) groups excluding carboxylic acids is 1. The highest BCUT2D eigenvalue weighted by Gasteiger charge is 2.24. The number of halogens is 1. The van der Waals surface area contributed by atoms with Crippen LogP contribution in [-0.4, -0.2) is 15.6 Å². The molecule has 1 aromatic heterocycles. The second-order valence-corrected chi connectivity index (χ2v) is 6.60. The minimum Gasteiger partial charge on any atom is -0.508 e. The quantitative estimate of drug-likeness (QED) is 0.473. The minimum absolute atomic E-state index is 0.0159. The maximum Gasteiger partial charge on any atom is 0.266 e. The molecule has 28 heavy (non-hydrogen) atoms. The largest absolute Gasteiger partial charge is 0.508 e. The molecule has 1 amide bonds. The highest BCUT2D eigenvalue weighted by Crippen LogP contribution is 2.38. The summed E-state index contributed by atoms with van der Waals surface area (Å²) in [7, 11) is 0. The van der Waals surface area contributed by atoms with Crippen LogP contribution in [0.4, 0.5) is 10.1 Å². The van der Waals surface area contributed by atoms with Gasteiger partial charge in [-0.15, -0.1) is 0 Å². The van der Waals surface area contributed by atoms with Gasteiger partial charge in [0.2, 0.25) is 0 Å². The van der Waals surface area contributed by atoms with Crippen molar-refractivity contribution in [2.75, 3.05) is 5.73 Å². The molecule has 0 saturated heterocycles. The number of amides is 1. The Labute approximate surface area is 160 Å². The molecule has 0 atom stereocenters. The maximum absolute atomic E-state index is 14.6. The van der Waals surface area contributed by atoms with Crippen molar-refractivity contribution in [3.8, 4) is 16.9 Å². The Bertz CT molecular complexity index is 1210. The fourth-order valence-electron chi connectivity index (χ4n) is 3.57. The van der Waals surface area contributed by atoms with Gasteiger partial charge in [0.25, 0.3) is 5.91 Å². The van der Waals surface area contributed by atoms with E-state index in [0.717, 1.165) is 5.56 Å². The minimum atomic E-state index is -0.683. The molecule has 5 N–H and O–H groups in total. The van der Waals surface area contributed by atoms with Crippen molar-refractivity contribution in [2.45, 2.75) is 6.54 Å². The molecule has 0 radical (unpaired) electrons. The Balaban J connectivity index is 2.06. The molecule has 0 aliphatic carbocycles. The summed E-state index contributed by atoms with van der Waals surface area (Å²) in [4.78, 5) is 12.4. The first-order chi connectivity index (χ1) is 13.5. The summed E-state index contributed by atoms with van der Waals surface area (Å²) < 4.78 is 16.3. The van der Waals surface area contributed by atoms with Crippen molar-refractivity contribution in [1.82, 2.24) is 4.57 Å². The lowest BCUT2D eigenvalue weighted by atomic mass is 10.0. The summed E-state index contributed by atoms with van der Waals surface area (Å²) in [5.74, 6) is -1.14. The Kier molecular flexibility index (Phi) is 4.24. The van der Waals surface area contributed by atoms with E-state index in [4.69, 9.17) is 11.5 Å². The predicted octanol–water partition coefficient (Wildman–Crippen LogP) is 3.88. The Morgan fingerprint density at radius 1 is 1.04 bits per heavy atom. The number of anilines is 1. The van der Waals surface area contributed by atoms with Gasteiger partial charge in [-0.05, 0) is 42.0 Å². The first-order valence-corrected chi connectivity index (χ1v) is 8.70. The van der Waals surface area contributed by atoms with E-state index in [9.17, 15) is 14.3 Å². The molecule has 1 heterocycles. The van der Waals surface area contributed by atoms with Gasteiger partial charge in [0.15, 0.2) is 0 Å². The van der Waals surface area contributed by atoms with Crippen LogP contribution < -0.4 is 11.5 Å². The van der Waals surface area contributed by atoms with Gasteiger partial charge in [0.05, 0.1) is 0 Å². The van der Waals surface area contributed by atoms with Gasteiger partial charge in [-0.2, -0.15) is 0 Å². The molecule has 140 valence electrons. The fourth-order valence-corrected chi connectivity index (χ4v) is 3.57. The summed E-state index contributed by atoms with van der Waals surface area (Å²) in [6.45, 7) is 0.318. The molecule has 0 bridgehead atoms. The third-order valence-corrected chi connectivity index (χ3v) is 4.72. The van der Waals surface area contributed by atoms with Crippen molar-refractivity contribution in [1.29, 1.82) is 0 Å². The Morgan fingerprint density at radius 3 is 2.54 bits per heavy atom. The number of fused-ring (bicyclic) bond motifs is 1. The molecule has 0 saturated carbocycles. The van der Waals surface area contributed by atoms with Crippen LogP contribution in [0.5, 0.6) is 5.75 Å². The number of rotatable bonds is 4. The summed E-state index contributed by atoms with van der Waals surface area (Å²) in [5, 5.41) is 10.5. The SMILES string of the molecule is NC(=O)c1c(-c2ccccc2F)c2cc(O)ccc2n1Cc1cccc(N)c1. The number of primary amides is 1. The average molecular weight is 375 g/mol. The van der Waals surface area contributed by atoms with Crippen LogP contribution in [0.15, 0.2) is 66.7 Å². The number of nitrogens with two attached hydrogens (primary N) is 2. The zero-order chi connectivity index (χ0) is 19.8. The number of hydrogen-bond donors (Lipinski definition) is 3. The zero-order valence-electron chi connectivity index (χ0n) is 14.9. The van der Waals surface area contributed by atoms with Crippen LogP contribution in [0.2, 0.25) is 0 Å². The topological polar surface area (TPSA) is 94.3 Å². The van der Waals surface area contributed by atoms with Gasteiger partial charge < -0.3 is 21.1 Å². The number of aromatic hydroxyl groups is 1. The first kappa shape index (κ1) is 17.6. The molecule has 6 heteroatoms. The van der Waals surface area contributed by atoms with Crippen LogP contribution in [0, 0.1) is 5.82 Å². The molecule has 0 aliphatic heterocycles. The third-order valence-electron chi connectivity index (χ3n) is 4.72. The van der Waals surface area contributed by atoms with Crippen LogP contribution >= 0.6 is 0 Å². The monoisotopic (exact) mass is 375 g/mol. The predicted molar refractivity (Wildman–Crippen MR) is 107 cm³/mol. The Hall–Kier alpha value is -3.80. The molecule has 0 unspecified atom stereocenters. The highest BCUT2D eigenvalue weighted by molar-refractivity contribution is 6.10. The molecule has 4 aromatic rings. The summed E-state index contributed by atoms with van der Waals surface area (Å²) in [6, 6.07) is 18.2.